The Morgan fingerprint density at radius 3 is 2.70 bits per heavy atom. The lowest BCUT2D eigenvalue weighted by molar-refractivity contribution is 0.0946. The number of amides is 1. The van der Waals surface area contributed by atoms with Crippen LogP contribution in [0.3, 0.4) is 0 Å². The van der Waals surface area contributed by atoms with Crippen LogP contribution in [0.1, 0.15) is 43.1 Å². The summed E-state index contributed by atoms with van der Waals surface area (Å²) in [4.78, 5) is 20.6. The quantitative estimate of drug-likeness (QED) is 0.837. The minimum Gasteiger partial charge on any atom is -0.348 e. The zero-order chi connectivity index (χ0) is 19.0. The number of carbonyl (C=O) groups is 1. The van der Waals surface area contributed by atoms with Crippen molar-refractivity contribution in [3.63, 3.8) is 0 Å². The van der Waals surface area contributed by atoms with Gasteiger partial charge in [-0.2, -0.15) is 4.31 Å². The van der Waals surface area contributed by atoms with Crippen LogP contribution in [0.15, 0.2) is 35.7 Å². The third-order valence-corrected chi connectivity index (χ3v) is 6.82. The van der Waals surface area contributed by atoms with Crippen LogP contribution in [0, 0.1) is 5.92 Å². The Labute approximate surface area is 158 Å². The summed E-state index contributed by atoms with van der Waals surface area (Å²) in [6.07, 6.45) is 8.44. The molecule has 1 saturated carbocycles. The van der Waals surface area contributed by atoms with Gasteiger partial charge in [0, 0.05) is 31.5 Å². The lowest BCUT2D eigenvalue weighted by atomic mass is 10.0. The highest BCUT2D eigenvalue weighted by Crippen LogP contribution is 2.23. The first-order valence-corrected chi connectivity index (χ1v) is 10.7. The molecule has 3 heterocycles. The number of rotatable bonds is 5. The normalized spacial score (nSPS) is 21.1. The van der Waals surface area contributed by atoms with Crippen molar-refractivity contribution in [2.75, 3.05) is 13.1 Å². The van der Waals surface area contributed by atoms with Gasteiger partial charge in [-0.3, -0.25) is 9.36 Å². The molecule has 1 atom stereocenters. The predicted molar refractivity (Wildman–Crippen MR) is 99.0 cm³/mol. The Morgan fingerprint density at radius 2 is 2.04 bits per heavy atom. The SMILES string of the molecule is C[C@H]1CCCN(S(=O)(=O)c2ccc(-n3cnc(C(=O)NC4CC4)c3)nc2)C1. The molecule has 9 heteroatoms. The fraction of sp³-hybridized carbons (Fsp3) is 0.500. The Morgan fingerprint density at radius 1 is 1.22 bits per heavy atom. The molecule has 1 amide bonds. The van der Waals surface area contributed by atoms with E-state index in [0.29, 0.717) is 30.5 Å². The number of piperidine rings is 1. The average Bonchev–Trinajstić information content (AvgIpc) is 3.33. The van der Waals surface area contributed by atoms with E-state index in [1.54, 1.807) is 22.9 Å². The molecule has 2 fully saturated rings. The van der Waals surface area contributed by atoms with Crippen molar-refractivity contribution in [2.24, 2.45) is 5.92 Å². The summed E-state index contributed by atoms with van der Waals surface area (Å²) in [5.74, 6) is 0.681. The molecule has 144 valence electrons. The molecule has 0 bridgehead atoms. The zero-order valence-electron chi connectivity index (χ0n) is 15.2. The van der Waals surface area contributed by atoms with Gasteiger partial charge in [0.15, 0.2) is 0 Å². The van der Waals surface area contributed by atoms with Gasteiger partial charge in [0.1, 0.15) is 22.7 Å². The molecule has 2 aliphatic rings. The molecule has 1 aliphatic carbocycles. The molecule has 0 radical (unpaired) electrons. The monoisotopic (exact) mass is 389 g/mol. The Kier molecular flexibility index (Phi) is 4.73. The van der Waals surface area contributed by atoms with Crippen molar-refractivity contribution in [2.45, 2.75) is 43.5 Å². The lowest BCUT2D eigenvalue weighted by Crippen LogP contribution is -2.39. The molecular weight excluding hydrogens is 366 g/mol. The second kappa shape index (κ2) is 7.05. The van der Waals surface area contributed by atoms with Gasteiger partial charge in [0.05, 0.1) is 0 Å². The van der Waals surface area contributed by atoms with E-state index in [1.807, 2.05) is 0 Å². The standard InChI is InChI=1S/C18H23N5O3S/c1-13-3-2-8-23(10-13)27(25,26)15-6-7-17(19-9-15)22-11-16(20-12-22)18(24)21-14-4-5-14/h6-7,9,11-14H,2-5,8,10H2,1H3,(H,21,24)/t13-/m0/s1. The van der Waals surface area contributed by atoms with Crippen molar-refractivity contribution >= 4 is 15.9 Å². The van der Waals surface area contributed by atoms with Gasteiger partial charge in [-0.25, -0.2) is 18.4 Å². The lowest BCUT2D eigenvalue weighted by Gasteiger charge is -2.29. The number of pyridine rings is 1. The van der Waals surface area contributed by atoms with Crippen molar-refractivity contribution in [1.29, 1.82) is 0 Å². The van der Waals surface area contributed by atoms with Crippen LogP contribution in [0.25, 0.3) is 5.82 Å². The number of nitrogens with zero attached hydrogens (tertiary/aromatic N) is 4. The number of carbonyl (C=O) groups excluding carboxylic acids is 1. The Balaban J connectivity index is 1.50. The second-order valence-corrected chi connectivity index (χ2v) is 9.31. The van der Waals surface area contributed by atoms with Crippen molar-refractivity contribution < 1.29 is 13.2 Å². The fourth-order valence-corrected chi connectivity index (χ4v) is 4.79. The topological polar surface area (TPSA) is 97.2 Å². The fourth-order valence-electron chi connectivity index (χ4n) is 3.24. The summed E-state index contributed by atoms with van der Waals surface area (Å²) >= 11 is 0. The van der Waals surface area contributed by atoms with Crippen LogP contribution < -0.4 is 5.32 Å². The largest absolute Gasteiger partial charge is 0.348 e. The summed E-state index contributed by atoms with van der Waals surface area (Å²) in [6, 6.07) is 3.45. The van der Waals surface area contributed by atoms with Crippen molar-refractivity contribution in [3.05, 3.63) is 36.5 Å². The highest BCUT2D eigenvalue weighted by atomic mass is 32.2. The minimum atomic E-state index is -3.53. The van der Waals surface area contributed by atoms with E-state index >= 15 is 0 Å². The van der Waals surface area contributed by atoms with E-state index in [-0.39, 0.29) is 16.8 Å². The van der Waals surface area contributed by atoms with Gasteiger partial charge in [0.2, 0.25) is 10.0 Å². The van der Waals surface area contributed by atoms with Crippen LogP contribution in [0.2, 0.25) is 0 Å². The Hall–Kier alpha value is -2.26. The highest BCUT2D eigenvalue weighted by molar-refractivity contribution is 7.89. The van der Waals surface area contributed by atoms with Gasteiger partial charge in [-0.1, -0.05) is 6.92 Å². The molecule has 2 aromatic rings. The van der Waals surface area contributed by atoms with E-state index < -0.39 is 10.0 Å². The van der Waals surface area contributed by atoms with Crippen LogP contribution in [-0.4, -0.2) is 52.3 Å². The molecule has 1 saturated heterocycles. The maximum atomic E-state index is 12.8. The first-order valence-electron chi connectivity index (χ1n) is 9.25. The summed E-state index contributed by atoms with van der Waals surface area (Å²) in [5, 5.41) is 2.88. The molecule has 1 N–H and O–H groups in total. The molecule has 0 aromatic carbocycles. The molecular formula is C18H23N5O3S. The first kappa shape index (κ1) is 18.1. The van der Waals surface area contributed by atoms with Crippen molar-refractivity contribution in [3.8, 4) is 5.82 Å². The maximum Gasteiger partial charge on any atom is 0.271 e. The number of sulfonamides is 1. The van der Waals surface area contributed by atoms with Crippen molar-refractivity contribution in [1.82, 2.24) is 24.2 Å². The van der Waals surface area contributed by atoms with E-state index in [0.717, 1.165) is 25.7 Å². The van der Waals surface area contributed by atoms with Crippen LogP contribution in [0.5, 0.6) is 0 Å². The Bertz CT molecular complexity index is 934. The second-order valence-electron chi connectivity index (χ2n) is 7.38. The number of imidazole rings is 1. The predicted octanol–water partition coefficient (Wildman–Crippen LogP) is 1.58. The number of hydrogen-bond acceptors (Lipinski definition) is 5. The van der Waals surface area contributed by atoms with E-state index in [2.05, 4.69) is 22.2 Å². The number of hydrogen-bond donors (Lipinski definition) is 1. The summed E-state index contributed by atoms with van der Waals surface area (Å²) in [5.41, 5.74) is 0.322. The molecule has 8 nitrogen and oxygen atoms in total. The third kappa shape index (κ3) is 3.89. The van der Waals surface area contributed by atoms with Gasteiger partial charge < -0.3 is 5.32 Å². The zero-order valence-corrected chi connectivity index (χ0v) is 16.0. The third-order valence-electron chi connectivity index (χ3n) is 4.97. The molecule has 0 spiro atoms. The smallest absolute Gasteiger partial charge is 0.271 e. The van der Waals surface area contributed by atoms with E-state index in [1.165, 1.54) is 16.8 Å². The molecule has 27 heavy (non-hydrogen) atoms. The first-order chi connectivity index (χ1) is 12.9. The van der Waals surface area contributed by atoms with E-state index in [4.69, 9.17) is 0 Å². The van der Waals surface area contributed by atoms with Gasteiger partial charge in [-0.15, -0.1) is 0 Å². The summed E-state index contributed by atoms with van der Waals surface area (Å²) in [6.45, 7) is 3.17. The van der Waals surface area contributed by atoms with Gasteiger partial charge in [-0.05, 0) is 43.7 Å². The molecule has 1 aliphatic heterocycles. The molecule has 2 aromatic heterocycles. The minimum absolute atomic E-state index is 0.187. The maximum absolute atomic E-state index is 12.8. The number of aromatic nitrogens is 3. The van der Waals surface area contributed by atoms with Gasteiger partial charge in [0.25, 0.3) is 5.91 Å². The molecule has 0 unspecified atom stereocenters. The van der Waals surface area contributed by atoms with E-state index in [9.17, 15) is 13.2 Å². The van der Waals surface area contributed by atoms with Gasteiger partial charge >= 0.3 is 0 Å². The molecule has 4 rings (SSSR count). The van der Waals surface area contributed by atoms with Crippen LogP contribution in [0.4, 0.5) is 0 Å². The number of nitrogens with one attached hydrogen (secondary N) is 1. The highest BCUT2D eigenvalue weighted by Gasteiger charge is 2.29. The van der Waals surface area contributed by atoms with Crippen LogP contribution >= 0.6 is 0 Å². The summed E-state index contributed by atoms with van der Waals surface area (Å²) < 4.78 is 28.7. The van der Waals surface area contributed by atoms with Crippen LogP contribution in [-0.2, 0) is 10.0 Å². The average molecular weight is 389 g/mol. The summed E-state index contributed by atoms with van der Waals surface area (Å²) in [7, 11) is -3.53.